The summed E-state index contributed by atoms with van der Waals surface area (Å²) in [6, 6.07) is 18.1. The number of rotatable bonds is 16. The number of hydrogen-bond acceptors (Lipinski definition) is 8. The number of benzene rings is 3. The molecule has 3 aromatic carbocycles. The van der Waals surface area contributed by atoms with E-state index in [2.05, 4.69) is 61.2 Å². The van der Waals surface area contributed by atoms with E-state index in [-0.39, 0.29) is 23.1 Å². The quantitative estimate of drug-likeness (QED) is 0.0554. The second-order valence-electron chi connectivity index (χ2n) is 16.8. The van der Waals surface area contributed by atoms with Crippen molar-refractivity contribution in [3.63, 3.8) is 0 Å². The number of urea groups is 1. The number of Topliss-reactive ketones (excluding diaryl/α,β-unsaturated/α-hetero) is 1. The van der Waals surface area contributed by atoms with Crippen molar-refractivity contribution < 1.29 is 28.3 Å². The largest absolute Gasteiger partial charge is 0.386 e. The third kappa shape index (κ3) is 10.4. The van der Waals surface area contributed by atoms with Crippen LogP contribution in [-0.4, -0.2) is 67.8 Å². The van der Waals surface area contributed by atoms with E-state index in [1.54, 1.807) is 24.1 Å². The zero-order chi connectivity index (χ0) is 45.0. The summed E-state index contributed by atoms with van der Waals surface area (Å²) in [4.78, 5) is 59.3. The van der Waals surface area contributed by atoms with Crippen molar-refractivity contribution >= 4 is 40.1 Å². The summed E-state index contributed by atoms with van der Waals surface area (Å²) in [7, 11) is 2.09. The fourth-order valence-corrected chi connectivity index (χ4v) is 7.79. The molecule has 0 saturated carbocycles. The van der Waals surface area contributed by atoms with Crippen LogP contribution < -0.4 is 15.5 Å². The molecule has 1 aliphatic heterocycles. The molecule has 1 aliphatic rings. The van der Waals surface area contributed by atoms with Gasteiger partial charge in [-0.05, 0) is 113 Å². The standard InChI is InChI=1S/C49H52F2N8O4/c1-29-18-20-59(48(62)55-29)43-21-34(26-52-31(43)3)44(60)11-9-7-8-10-19-58(6)27-32-12-14-33(15-13-32)42-25-39-45(53-28-54-46(39)56-42)38-23-36(50)24-41(30(38)2)57-47(61)37-17-16-35(22-40(37)51)49(4,5)63/h12-17,21-26,28,63H,1,7-11,18-20,27H2,2-6H3,(H,55,62)(H,57,61)(H,53,54,56). The van der Waals surface area contributed by atoms with Crippen LogP contribution in [0.3, 0.4) is 0 Å². The Kier molecular flexibility index (Phi) is 13.2. The van der Waals surface area contributed by atoms with Gasteiger partial charge in [0.25, 0.3) is 5.91 Å². The third-order valence-corrected chi connectivity index (χ3v) is 11.5. The second-order valence-corrected chi connectivity index (χ2v) is 16.8. The van der Waals surface area contributed by atoms with E-state index in [4.69, 9.17) is 0 Å². The Labute approximate surface area is 365 Å². The van der Waals surface area contributed by atoms with Crippen molar-refractivity contribution in [3.05, 3.63) is 137 Å². The number of halogens is 2. The normalized spacial score (nSPS) is 13.2. The van der Waals surface area contributed by atoms with Crippen LogP contribution in [0.2, 0.25) is 0 Å². The van der Waals surface area contributed by atoms with Crippen LogP contribution in [0.1, 0.15) is 95.5 Å². The van der Waals surface area contributed by atoms with Crippen molar-refractivity contribution in [3.8, 4) is 22.5 Å². The first-order valence-electron chi connectivity index (χ1n) is 21.1. The molecule has 6 aromatic rings. The van der Waals surface area contributed by atoms with Gasteiger partial charge in [-0.2, -0.15) is 0 Å². The molecular formula is C49H52F2N8O4. The minimum atomic E-state index is -1.29. The summed E-state index contributed by atoms with van der Waals surface area (Å²) in [6.45, 7) is 12.6. The number of aromatic amines is 1. The van der Waals surface area contributed by atoms with Crippen LogP contribution in [0.25, 0.3) is 33.5 Å². The Morgan fingerprint density at radius 2 is 1.73 bits per heavy atom. The molecule has 1 fully saturated rings. The molecule has 0 unspecified atom stereocenters. The van der Waals surface area contributed by atoms with Gasteiger partial charge in [0.05, 0.1) is 28.2 Å². The van der Waals surface area contributed by atoms with E-state index in [9.17, 15) is 23.9 Å². The van der Waals surface area contributed by atoms with Gasteiger partial charge < -0.3 is 25.6 Å². The van der Waals surface area contributed by atoms with Crippen LogP contribution >= 0.6 is 0 Å². The predicted molar refractivity (Wildman–Crippen MR) is 241 cm³/mol. The lowest BCUT2D eigenvalue weighted by molar-refractivity contribution is 0.0780. The highest BCUT2D eigenvalue weighted by Gasteiger charge is 2.25. The van der Waals surface area contributed by atoms with Gasteiger partial charge >= 0.3 is 6.03 Å². The Morgan fingerprint density at radius 1 is 0.968 bits per heavy atom. The molecule has 0 radical (unpaired) electrons. The molecule has 4 heterocycles. The van der Waals surface area contributed by atoms with E-state index in [0.717, 1.165) is 61.7 Å². The minimum Gasteiger partial charge on any atom is -0.386 e. The number of unbranched alkanes of at least 4 members (excludes halogenated alkanes) is 3. The van der Waals surface area contributed by atoms with Gasteiger partial charge in [-0.1, -0.05) is 49.8 Å². The Balaban J connectivity index is 0.920. The van der Waals surface area contributed by atoms with Crippen LogP contribution in [-0.2, 0) is 12.1 Å². The Hall–Kier alpha value is -6.64. The summed E-state index contributed by atoms with van der Waals surface area (Å²) in [5.41, 5.74) is 6.40. The molecule has 14 heteroatoms. The number of nitrogens with one attached hydrogen (secondary N) is 3. The number of nitrogens with zero attached hydrogens (tertiary/aromatic N) is 5. The van der Waals surface area contributed by atoms with Crippen molar-refractivity contribution in [2.75, 3.05) is 30.4 Å². The lowest BCUT2D eigenvalue weighted by atomic mass is 9.96. The molecule has 3 aromatic heterocycles. The number of fused-ring (bicyclic) bond motifs is 1. The lowest BCUT2D eigenvalue weighted by Gasteiger charge is -2.29. The molecule has 63 heavy (non-hydrogen) atoms. The van der Waals surface area contributed by atoms with E-state index in [1.165, 1.54) is 44.4 Å². The maximum absolute atomic E-state index is 15.2. The van der Waals surface area contributed by atoms with E-state index >= 15 is 4.39 Å². The molecule has 12 nitrogen and oxygen atoms in total. The molecule has 1 saturated heterocycles. The fraction of sp³-hybridized carbons (Fsp3) is 0.306. The number of aliphatic hydroxyl groups is 1. The number of pyridine rings is 1. The highest BCUT2D eigenvalue weighted by molar-refractivity contribution is 6.06. The zero-order valence-corrected chi connectivity index (χ0v) is 36.2. The van der Waals surface area contributed by atoms with E-state index in [1.807, 2.05) is 25.1 Å². The summed E-state index contributed by atoms with van der Waals surface area (Å²) in [6.07, 6.45) is 7.78. The SMILES string of the molecule is C=C1CCN(c2cc(C(=O)CCCCCCN(C)Cc3ccc(-c4cc5c(-c6cc(F)cc(NC(=O)c7ccc(C(C)(C)O)cc7F)c6C)ncnc5[nH]4)cc3)cnc2C)C(=O)N1. The molecule has 7 rings (SSSR count). The van der Waals surface area contributed by atoms with Gasteiger partial charge in [-0.3, -0.25) is 19.5 Å². The summed E-state index contributed by atoms with van der Waals surface area (Å²) in [5, 5.41) is 16.3. The average Bonchev–Trinajstić information content (AvgIpc) is 3.68. The number of hydrogen-bond donors (Lipinski definition) is 4. The Morgan fingerprint density at radius 3 is 2.46 bits per heavy atom. The number of amides is 3. The molecule has 0 spiro atoms. The van der Waals surface area contributed by atoms with Gasteiger partial charge in [0.15, 0.2) is 5.78 Å². The topological polar surface area (TPSA) is 156 Å². The van der Waals surface area contributed by atoms with Crippen LogP contribution in [0.15, 0.2) is 91.5 Å². The summed E-state index contributed by atoms with van der Waals surface area (Å²) >= 11 is 0. The fourth-order valence-electron chi connectivity index (χ4n) is 7.79. The summed E-state index contributed by atoms with van der Waals surface area (Å²) in [5.74, 6) is -2.14. The van der Waals surface area contributed by atoms with Gasteiger partial charge in [0.1, 0.15) is 23.6 Å². The summed E-state index contributed by atoms with van der Waals surface area (Å²) < 4.78 is 30.1. The molecule has 4 N–H and O–H groups in total. The van der Waals surface area contributed by atoms with E-state index in [0.29, 0.717) is 75.4 Å². The first-order valence-corrected chi connectivity index (χ1v) is 21.1. The molecule has 0 aliphatic carbocycles. The molecular weight excluding hydrogens is 803 g/mol. The number of anilines is 2. The number of aromatic nitrogens is 4. The number of ketones is 1. The highest BCUT2D eigenvalue weighted by atomic mass is 19.1. The second kappa shape index (κ2) is 18.8. The van der Waals surface area contributed by atoms with Crippen molar-refractivity contribution in [1.82, 2.24) is 30.2 Å². The maximum atomic E-state index is 15.2. The number of carbonyl (C=O) groups is 3. The van der Waals surface area contributed by atoms with Gasteiger partial charge in [-0.25, -0.2) is 23.5 Å². The maximum Gasteiger partial charge on any atom is 0.326 e. The first-order chi connectivity index (χ1) is 30.0. The lowest BCUT2D eigenvalue weighted by Crippen LogP contribution is -2.45. The van der Waals surface area contributed by atoms with Gasteiger partial charge in [-0.15, -0.1) is 0 Å². The first kappa shape index (κ1) is 44.4. The molecule has 3 amide bonds. The van der Waals surface area contributed by atoms with Crippen LogP contribution in [0.4, 0.5) is 25.0 Å². The highest BCUT2D eigenvalue weighted by Crippen LogP contribution is 2.35. The molecule has 326 valence electrons. The number of aryl methyl sites for hydroxylation is 1. The third-order valence-electron chi connectivity index (χ3n) is 11.5. The molecule has 0 bridgehead atoms. The predicted octanol–water partition coefficient (Wildman–Crippen LogP) is 9.76. The van der Waals surface area contributed by atoms with Crippen molar-refractivity contribution in [2.45, 2.75) is 78.4 Å². The van der Waals surface area contributed by atoms with Gasteiger partial charge in [0.2, 0.25) is 0 Å². The Bertz CT molecular complexity index is 2710. The number of H-pyrrole nitrogens is 1. The smallest absolute Gasteiger partial charge is 0.326 e. The van der Waals surface area contributed by atoms with Crippen LogP contribution in [0.5, 0.6) is 0 Å². The molecule has 0 atom stereocenters. The van der Waals surface area contributed by atoms with Gasteiger partial charge in [0, 0.05) is 65.7 Å². The number of carbonyl (C=O) groups excluding carboxylic acids is 3. The van der Waals surface area contributed by atoms with E-state index < -0.39 is 23.1 Å². The van der Waals surface area contributed by atoms with Crippen molar-refractivity contribution in [2.24, 2.45) is 0 Å². The minimum absolute atomic E-state index is 0.0256. The average molecular weight is 855 g/mol. The van der Waals surface area contributed by atoms with Crippen molar-refractivity contribution in [1.29, 1.82) is 0 Å². The zero-order valence-electron chi connectivity index (χ0n) is 36.2. The monoisotopic (exact) mass is 854 g/mol. The van der Waals surface area contributed by atoms with Crippen LogP contribution in [0, 0.1) is 25.5 Å².